The van der Waals surface area contributed by atoms with Crippen LogP contribution in [0.2, 0.25) is 0 Å². The van der Waals surface area contributed by atoms with Gasteiger partial charge in [0.15, 0.2) is 0 Å². The molecule has 2 saturated heterocycles. The van der Waals surface area contributed by atoms with Crippen molar-refractivity contribution in [3.8, 4) is 0 Å². The minimum Gasteiger partial charge on any atom is -0.444 e. The van der Waals surface area contributed by atoms with Crippen molar-refractivity contribution in [3.63, 3.8) is 0 Å². The molecule has 8 nitrogen and oxygen atoms in total. The summed E-state index contributed by atoms with van der Waals surface area (Å²) in [5.74, 6) is -1.36. The Morgan fingerprint density at radius 2 is 1.56 bits per heavy atom. The Morgan fingerprint density at radius 1 is 0.951 bits per heavy atom. The van der Waals surface area contributed by atoms with Gasteiger partial charge in [-0.05, 0) is 54.4 Å². The van der Waals surface area contributed by atoms with Crippen LogP contribution in [0, 0.1) is 5.82 Å². The Balaban J connectivity index is 1.57. The number of rotatable bonds is 6. The summed E-state index contributed by atoms with van der Waals surface area (Å²) in [6.45, 7) is -1.19. The van der Waals surface area contributed by atoms with E-state index in [1.807, 2.05) is 0 Å². The number of amides is 3. The van der Waals surface area contributed by atoms with E-state index in [4.69, 9.17) is 10.5 Å². The van der Waals surface area contributed by atoms with Crippen molar-refractivity contribution in [2.75, 3.05) is 19.6 Å². The van der Waals surface area contributed by atoms with Crippen LogP contribution in [0.15, 0.2) is 42.5 Å². The third kappa shape index (κ3) is 6.72. The van der Waals surface area contributed by atoms with E-state index in [1.165, 1.54) is 34.1 Å². The Bertz CT molecular complexity index is 1270. The highest BCUT2D eigenvalue weighted by molar-refractivity contribution is 5.90. The van der Waals surface area contributed by atoms with Crippen LogP contribution in [0.1, 0.15) is 35.1 Å². The number of benzene rings is 2. The lowest BCUT2D eigenvalue weighted by molar-refractivity contribution is -0.168. The van der Waals surface area contributed by atoms with Crippen LogP contribution < -0.4 is 5.73 Å². The minimum atomic E-state index is -5.08. The van der Waals surface area contributed by atoms with Crippen molar-refractivity contribution < 1.29 is 49.9 Å². The van der Waals surface area contributed by atoms with E-state index >= 15 is 0 Å². The maximum atomic E-state index is 13.4. The fraction of sp³-hybridized carbons (Fsp3) is 0.423. The van der Waals surface area contributed by atoms with Crippen molar-refractivity contribution in [2.24, 2.45) is 5.73 Å². The zero-order valence-electron chi connectivity index (χ0n) is 21.3. The average Bonchev–Trinajstić information content (AvgIpc) is 2.90. The van der Waals surface area contributed by atoms with Gasteiger partial charge < -0.3 is 20.3 Å². The van der Waals surface area contributed by atoms with Crippen molar-refractivity contribution >= 4 is 17.9 Å². The van der Waals surface area contributed by atoms with Crippen molar-refractivity contribution in [1.82, 2.24) is 14.7 Å². The smallest absolute Gasteiger partial charge is 0.416 e. The highest BCUT2D eigenvalue weighted by Crippen LogP contribution is 2.36. The van der Waals surface area contributed by atoms with Gasteiger partial charge in [0, 0.05) is 19.5 Å². The van der Waals surface area contributed by atoms with E-state index in [9.17, 15) is 45.1 Å². The number of carbonyl (C=O) groups excluding carboxylic acids is 3. The summed E-state index contributed by atoms with van der Waals surface area (Å²) in [6.07, 6.45) is -12.4. The molecule has 2 aromatic carbocycles. The topological polar surface area (TPSA) is 96.2 Å². The van der Waals surface area contributed by atoms with Gasteiger partial charge in [0.2, 0.25) is 11.8 Å². The van der Waals surface area contributed by atoms with Gasteiger partial charge in [0.25, 0.3) is 0 Å². The molecular formula is C26H25F7N4O4. The molecule has 15 heteroatoms. The molecule has 0 bridgehead atoms. The maximum absolute atomic E-state index is 13.4. The Morgan fingerprint density at radius 3 is 2.12 bits per heavy atom. The van der Waals surface area contributed by atoms with Gasteiger partial charge in [-0.3, -0.25) is 14.5 Å². The number of carbonyl (C=O) groups is 3. The number of nitrogens with zero attached hydrogens (tertiary/aromatic N) is 3. The van der Waals surface area contributed by atoms with Gasteiger partial charge in [-0.15, -0.1) is 0 Å². The molecule has 2 fully saturated rings. The standard InChI is InChI=1S/C26H25F7N4O4/c27-19-3-1-15(2-4-19)12-35-13-21-36(8-6-22(38)37(21)20(5-7-34)23(35)39)24(40)41-14-16-9-17(25(28,29)30)11-18(10-16)26(31,32)33/h1-4,9-11,20-21H,5-8,12-14,34H2/t20-,21+/m0/s1. The van der Waals surface area contributed by atoms with Crippen molar-refractivity contribution in [1.29, 1.82) is 0 Å². The number of hydrogen-bond acceptors (Lipinski definition) is 5. The quantitative estimate of drug-likeness (QED) is 0.511. The molecule has 0 radical (unpaired) electrons. The zero-order chi connectivity index (χ0) is 30.1. The van der Waals surface area contributed by atoms with E-state index in [0.717, 1.165) is 4.90 Å². The Labute approximate surface area is 229 Å². The van der Waals surface area contributed by atoms with E-state index in [-0.39, 0.29) is 45.1 Å². The number of ether oxygens (including phenoxy) is 1. The Kier molecular flexibility index (Phi) is 8.47. The Hall–Kier alpha value is -3.88. The molecule has 2 atom stereocenters. The lowest BCUT2D eigenvalue weighted by atomic mass is 10.0. The second-order valence-corrected chi connectivity index (χ2v) is 9.63. The molecule has 0 spiro atoms. The number of piperazine rings is 1. The predicted octanol–water partition coefficient (Wildman–Crippen LogP) is 4.12. The molecule has 4 rings (SSSR count). The number of alkyl halides is 6. The molecular weight excluding hydrogens is 565 g/mol. The molecule has 3 amide bonds. The largest absolute Gasteiger partial charge is 0.444 e. The van der Waals surface area contributed by atoms with Crippen LogP contribution in [-0.4, -0.2) is 64.4 Å². The van der Waals surface area contributed by atoms with Gasteiger partial charge in [0.05, 0.1) is 17.7 Å². The number of halogens is 7. The summed E-state index contributed by atoms with van der Waals surface area (Å²) in [5.41, 5.74) is 2.60. The monoisotopic (exact) mass is 590 g/mol. The molecule has 2 aliphatic rings. The normalized spacial score (nSPS) is 19.9. The summed E-state index contributed by atoms with van der Waals surface area (Å²) in [7, 11) is 0. The first kappa shape index (κ1) is 30.1. The van der Waals surface area contributed by atoms with Crippen LogP contribution in [0.4, 0.5) is 35.5 Å². The van der Waals surface area contributed by atoms with E-state index < -0.39 is 71.6 Å². The number of nitrogens with two attached hydrogens (primary N) is 1. The molecule has 0 aliphatic carbocycles. The van der Waals surface area contributed by atoms with Crippen LogP contribution in [0.5, 0.6) is 0 Å². The summed E-state index contributed by atoms with van der Waals surface area (Å²) in [5, 5.41) is 0. The van der Waals surface area contributed by atoms with Crippen molar-refractivity contribution in [2.45, 2.75) is 50.6 Å². The van der Waals surface area contributed by atoms with Gasteiger partial charge in [0.1, 0.15) is 24.6 Å². The van der Waals surface area contributed by atoms with Crippen molar-refractivity contribution in [3.05, 3.63) is 70.5 Å². The number of hydrogen-bond donors (Lipinski definition) is 1. The molecule has 2 aliphatic heterocycles. The summed E-state index contributed by atoms with van der Waals surface area (Å²) in [4.78, 5) is 42.9. The fourth-order valence-corrected chi connectivity index (χ4v) is 4.91. The van der Waals surface area contributed by atoms with Crippen LogP contribution in [-0.2, 0) is 39.8 Å². The fourth-order valence-electron chi connectivity index (χ4n) is 4.91. The van der Waals surface area contributed by atoms with E-state index in [2.05, 4.69) is 0 Å². The first-order chi connectivity index (χ1) is 19.2. The first-order valence-corrected chi connectivity index (χ1v) is 12.4. The van der Waals surface area contributed by atoms with Crippen LogP contribution >= 0.6 is 0 Å². The maximum Gasteiger partial charge on any atom is 0.416 e. The number of fused-ring (bicyclic) bond motifs is 1. The predicted molar refractivity (Wildman–Crippen MR) is 128 cm³/mol. The lowest BCUT2D eigenvalue weighted by Crippen LogP contribution is -2.71. The third-order valence-corrected chi connectivity index (χ3v) is 6.82. The summed E-state index contributed by atoms with van der Waals surface area (Å²) >= 11 is 0. The molecule has 41 heavy (non-hydrogen) atoms. The van der Waals surface area contributed by atoms with Gasteiger partial charge in [-0.1, -0.05) is 12.1 Å². The molecule has 0 aromatic heterocycles. The lowest BCUT2D eigenvalue weighted by Gasteiger charge is -2.51. The molecule has 0 saturated carbocycles. The zero-order valence-corrected chi connectivity index (χ0v) is 21.3. The second kappa shape index (κ2) is 11.5. The molecule has 2 N–H and O–H groups in total. The van der Waals surface area contributed by atoms with Gasteiger partial charge in [-0.25, -0.2) is 9.18 Å². The van der Waals surface area contributed by atoms with Crippen LogP contribution in [0.3, 0.4) is 0 Å². The highest BCUT2D eigenvalue weighted by atomic mass is 19.4. The van der Waals surface area contributed by atoms with Gasteiger partial charge >= 0.3 is 18.4 Å². The second-order valence-electron chi connectivity index (χ2n) is 9.63. The summed E-state index contributed by atoms with van der Waals surface area (Å²) < 4.78 is 97.7. The molecule has 0 unspecified atom stereocenters. The SMILES string of the molecule is NCC[C@H]1C(=O)N(Cc2ccc(F)cc2)C[C@@H]2N(C(=O)OCc3cc(C(F)(F)F)cc(C(F)(F)F)c3)CCC(=O)N21. The van der Waals surface area contributed by atoms with Gasteiger partial charge in [-0.2, -0.15) is 26.3 Å². The third-order valence-electron chi connectivity index (χ3n) is 6.82. The molecule has 2 aromatic rings. The highest BCUT2D eigenvalue weighted by Gasteiger charge is 2.49. The average molecular weight is 590 g/mol. The van der Waals surface area contributed by atoms with Crippen LogP contribution in [0.25, 0.3) is 0 Å². The first-order valence-electron chi connectivity index (χ1n) is 12.4. The van der Waals surface area contributed by atoms with E-state index in [0.29, 0.717) is 17.7 Å². The van der Waals surface area contributed by atoms with E-state index in [1.54, 1.807) is 0 Å². The summed E-state index contributed by atoms with van der Waals surface area (Å²) in [6, 6.07) is 5.19. The molecule has 2 heterocycles. The molecule has 222 valence electrons. The minimum absolute atomic E-state index is 0.0199.